The number of nitro groups is 1. The number of benzene rings is 2. The summed E-state index contributed by atoms with van der Waals surface area (Å²) in [5, 5.41) is 29.3. The molecule has 9 heteroatoms. The highest BCUT2D eigenvalue weighted by Gasteiger charge is 2.26. The first-order valence-electron chi connectivity index (χ1n) is 9.17. The molecular weight excluding hydrogens is 390 g/mol. The lowest BCUT2D eigenvalue weighted by molar-refractivity contribution is -0.385. The van der Waals surface area contributed by atoms with Crippen LogP contribution in [0.2, 0.25) is 0 Å². The van der Waals surface area contributed by atoms with Crippen LogP contribution in [0.5, 0.6) is 0 Å². The van der Waals surface area contributed by atoms with Crippen molar-refractivity contribution in [2.24, 2.45) is 4.99 Å². The standard InChI is InChI=1S/C19H21N3O2.C2H2O4/c1-21(2)12-11-15-13-14-7-3-4-8-16(14)19(20-15)17-9-5-6-10-18(17)22(23)24;3-1(4)2(5)6/h3-10,15H,11-13H2,1-2H3;(H,3,4)(H,5,6)/p-2. The molecule has 0 radical (unpaired) electrons. The fraction of sp³-hybridized carbons (Fsp3) is 0.286. The molecule has 0 bridgehead atoms. The molecule has 30 heavy (non-hydrogen) atoms. The van der Waals surface area contributed by atoms with E-state index in [4.69, 9.17) is 24.8 Å². The molecule has 0 amide bonds. The van der Waals surface area contributed by atoms with E-state index < -0.39 is 11.9 Å². The summed E-state index contributed by atoms with van der Waals surface area (Å²) < 4.78 is 0. The largest absolute Gasteiger partial charge is 0.543 e. The Labute approximate surface area is 173 Å². The van der Waals surface area contributed by atoms with Crippen LogP contribution in [0.1, 0.15) is 23.1 Å². The smallest absolute Gasteiger partial charge is 0.278 e. The lowest BCUT2D eigenvalue weighted by Crippen LogP contribution is -2.42. The van der Waals surface area contributed by atoms with Crippen LogP contribution in [-0.2, 0) is 16.0 Å². The highest BCUT2D eigenvalue weighted by molar-refractivity contribution is 6.25. The van der Waals surface area contributed by atoms with Gasteiger partial charge in [0.1, 0.15) is 0 Å². The molecule has 0 N–H and O–H groups in total. The third-order valence-corrected chi connectivity index (χ3v) is 4.47. The van der Waals surface area contributed by atoms with E-state index in [1.165, 1.54) is 5.56 Å². The molecule has 1 aliphatic heterocycles. The predicted octanol–water partition coefficient (Wildman–Crippen LogP) is -0.205. The van der Waals surface area contributed by atoms with E-state index in [0.717, 1.165) is 30.7 Å². The van der Waals surface area contributed by atoms with Crippen LogP contribution >= 0.6 is 0 Å². The number of carbonyl (C=O) groups is 2. The Hall–Kier alpha value is -3.59. The SMILES string of the molecule is CN(C)CCC1Cc2ccccc2C(c2ccccc2[N+](=O)[O-])=N1.O=C([O-])C(=O)[O-]. The van der Waals surface area contributed by atoms with Crippen molar-refractivity contribution in [2.75, 3.05) is 20.6 Å². The molecule has 0 saturated carbocycles. The summed E-state index contributed by atoms with van der Waals surface area (Å²) >= 11 is 0. The summed E-state index contributed by atoms with van der Waals surface area (Å²) in [7, 11) is 4.09. The van der Waals surface area contributed by atoms with Gasteiger partial charge < -0.3 is 24.7 Å². The number of hydrogen-bond acceptors (Lipinski definition) is 8. The molecule has 1 aliphatic rings. The Kier molecular flexibility index (Phi) is 7.76. The lowest BCUT2D eigenvalue weighted by atomic mass is 9.89. The summed E-state index contributed by atoms with van der Waals surface area (Å²) in [6.07, 6.45) is 1.82. The third kappa shape index (κ3) is 5.95. The highest BCUT2D eigenvalue weighted by Crippen LogP contribution is 2.29. The maximum Gasteiger partial charge on any atom is 0.278 e. The Morgan fingerprint density at radius 1 is 1.03 bits per heavy atom. The number of hydrogen-bond donors (Lipinski definition) is 0. The fourth-order valence-electron chi connectivity index (χ4n) is 3.10. The average molecular weight is 411 g/mol. The molecule has 3 rings (SSSR count). The van der Waals surface area contributed by atoms with Crippen molar-refractivity contribution >= 4 is 23.3 Å². The Balaban J connectivity index is 0.000000469. The normalized spacial score (nSPS) is 14.8. The van der Waals surface area contributed by atoms with E-state index in [0.29, 0.717) is 5.56 Å². The zero-order valence-electron chi connectivity index (χ0n) is 16.6. The number of fused-ring (bicyclic) bond motifs is 1. The second kappa shape index (κ2) is 10.3. The number of carboxylic acids is 2. The maximum absolute atomic E-state index is 11.4. The van der Waals surface area contributed by atoms with Gasteiger partial charge in [-0.15, -0.1) is 0 Å². The molecule has 1 heterocycles. The van der Waals surface area contributed by atoms with Crippen molar-refractivity contribution in [3.8, 4) is 0 Å². The maximum atomic E-state index is 11.4. The number of carboxylic acid groups (broad SMARTS) is 2. The van der Waals surface area contributed by atoms with E-state index in [2.05, 4.69) is 11.0 Å². The van der Waals surface area contributed by atoms with Gasteiger partial charge in [0.05, 0.1) is 34.2 Å². The van der Waals surface area contributed by atoms with Crippen LogP contribution < -0.4 is 10.2 Å². The van der Waals surface area contributed by atoms with Gasteiger partial charge in [0, 0.05) is 11.6 Å². The van der Waals surface area contributed by atoms with Crippen LogP contribution in [0, 0.1) is 10.1 Å². The molecule has 0 saturated heterocycles. The number of nitrogens with zero attached hydrogens (tertiary/aromatic N) is 3. The van der Waals surface area contributed by atoms with Gasteiger partial charge >= 0.3 is 0 Å². The molecule has 1 atom stereocenters. The van der Waals surface area contributed by atoms with E-state index in [1.54, 1.807) is 18.2 Å². The van der Waals surface area contributed by atoms with Crippen molar-refractivity contribution in [1.82, 2.24) is 4.90 Å². The van der Waals surface area contributed by atoms with E-state index in [1.807, 2.05) is 38.4 Å². The van der Waals surface area contributed by atoms with Gasteiger partial charge in [0.25, 0.3) is 5.69 Å². The van der Waals surface area contributed by atoms with Crippen molar-refractivity contribution in [3.63, 3.8) is 0 Å². The second-order valence-electron chi connectivity index (χ2n) is 6.93. The summed E-state index contributed by atoms with van der Waals surface area (Å²) in [6, 6.07) is 15.1. The molecule has 1 unspecified atom stereocenters. The first-order chi connectivity index (χ1) is 14.2. The molecule has 0 aromatic heterocycles. The molecule has 2 aromatic carbocycles. The van der Waals surface area contributed by atoms with Crippen LogP contribution in [0.25, 0.3) is 0 Å². The second-order valence-corrected chi connectivity index (χ2v) is 6.93. The monoisotopic (exact) mass is 411 g/mol. The number of aliphatic carboxylic acids is 2. The zero-order chi connectivity index (χ0) is 22.3. The van der Waals surface area contributed by atoms with Gasteiger partial charge in [0.15, 0.2) is 0 Å². The number of carbonyl (C=O) groups excluding carboxylic acids is 2. The molecule has 2 aromatic rings. The first kappa shape index (κ1) is 22.7. The Morgan fingerprint density at radius 3 is 2.17 bits per heavy atom. The first-order valence-corrected chi connectivity index (χ1v) is 9.17. The lowest BCUT2D eigenvalue weighted by Gasteiger charge is -2.24. The van der Waals surface area contributed by atoms with E-state index in [-0.39, 0.29) is 16.7 Å². The van der Waals surface area contributed by atoms with E-state index >= 15 is 0 Å². The van der Waals surface area contributed by atoms with E-state index in [9.17, 15) is 10.1 Å². The number of aliphatic imine (C=N–C) groups is 1. The Morgan fingerprint density at radius 2 is 1.60 bits per heavy atom. The summed E-state index contributed by atoms with van der Waals surface area (Å²) in [5.74, 6) is -4.37. The number of rotatable bonds is 5. The number of nitro benzene ring substituents is 1. The summed E-state index contributed by atoms with van der Waals surface area (Å²) in [4.78, 5) is 36.0. The quantitative estimate of drug-likeness (QED) is 0.377. The van der Waals surface area contributed by atoms with Crippen molar-refractivity contribution in [1.29, 1.82) is 0 Å². The highest BCUT2D eigenvalue weighted by atomic mass is 16.6. The van der Waals surface area contributed by atoms with Crippen molar-refractivity contribution in [2.45, 2.75) is 18.9 Å². The van der Waals surface area contributed by atoms with Crippen LogP contribution in [0.4, 0.5) is 5.69 Å². The molecule has 9 nitrogen and oxygen atoms in total. The minimum Gasteiger partial charge on any atom is -0.543 e. The van der Waals surface area contributed by atoms with Gasteiger partial charge in [0.2, 0.25) is 0 Å². The van der Waals surface area contributed by atoms with Gasteiger partial charge in [-0.1, -0.05) is 36.4 Å². The predicted molar refractivity (Wildman–Crippen MR) is 106 cm³/mol. The summed E-state index contributed by atoms with van der Waals surface area (Å²) in [6.45, 7) is 0.945. The van der Waals surface area contributed by atoms with Crippen molar-refractivity contribution < 1.29 is 24.7 Å². The minimum absolute atomic E-state index is 0.110. The van der Waals surface area contributed by atoms with Gasteiger partial charge in [-0.3, -0.25) is 15.1 Å². The molecule has 0 fully saturated rings. The zero-order valence-corrected chi connectivity index (χ0v) is 16.6. The molecule has 0 aliphatic carbocycles. The van der Waals surface area contributed by atoms with Crippen LogP contribution in [0.3, 0.4) is 0 Å². The van der Waals surface area contributed by atoms with Gasteiger partial charge in [-0.2, -0.15) is 0 Å². The molecule has 0 spiro atoms. The van der Waals surface area contributed by atoms with Gasteiger partial charge in [-0.05, 0) is 45.1 Å². The molecule has 158 valence electrons. The summed E-state index contributed by atoms with van der Waals surface area (Å²) in [5.41, 5.74) is 3.68. The third-order valence-electron chi connectivity index (χ3n) is 4.47. The van der Waals surface area contributed by atoms with Crippen LogP contribution in [-0.4, -0.2) is 54.2 Å². The topological polar surface area (TPSA) is 139 Å². The molecular formula is C21H21N3O6-2. The van der Waals surface area contributed by atoms with Crippen LogP contribution in [0.15, 0.2) is 53.5 Å². The average Bonchev–Trinajstić information content (AvgIpc) is 2.72. The fourth-order valence-corrected chi connectivity index (χ4v) is 3.10. The Bertz CT molecular complexity index is 959. The van der Waals surface area contributed by atoms with Crippen molar-refractivity contribution in [3.05, 3.63) is 75.3 Å². The number of para-hydroxylation sites is 1. The minimum atomic E-state index is -2.19. The van der Waals surface area contributed by atoms with Gasteiger partial charge in [-0.25, -0.2) is 0 Å².